The molecule has 3 aromatic heterocycles. The third-order valence-corrected chi connectivity index (χ3v) is 6.55. The molecule has 0 bridgehead atoms. The van der Waals surface area contributed by atoms with Crippen LogP contribution in [0, 0.1) is 12.7 Å². The van der Waals surface area contributed by atoms with Crippen molar-refractivity contribution in [2.24, 2.45) is 5.73 Å². The molecule has 1 aliphatic carbocycles. The molecule has 1 amide bonds. The standard InChI is InChI=1S/C25H19FN6O/c1-14-17(5-6-18(22(14)26)23(27)33)20-12-29-24-30-13-21(32(24)31-20)25(8-9-25)16-4-7-19-15(11-16)3-2-10-28-19/h2-7,10-13H,8-9H2,1H3,(H2,27,33). The van der Waals surface area contributed by atoms with Gasteiger partial charge in [0.1, 0.15) is 11.5 Å². The number of amides is 1. The quantitative estimate of drug-likeness (QED) is 0.458. The average Bonchev–Trinajstić information content (AvgIpc) is 3.52. The second-order valence-electron chi connectivity index (χ2n) is 8.46. The lowest BCUT2D eigenvalue weighted by Gasteiger charge is -2.16. The molecule has 5 aromatic rings. The van der Waals surface area contributed by atoms with E-state index in [1.54, 1.807) is 29.9 Å². The number of fused-ring (bicyclic) bond motifs is 2. The van der Waals surface area contributed by atoms with Crippen LogP contribution in [0.3, 0.4) is 0 Å². The van der Waals surface area contributed by atoms with E-state index in [2.05, 4.69) is 33.2 Å². The second kappa shape index (κ2) is 6.90. The minimum absolute atomic E-state index is 0.142. The predicted molar refractivity (Wildman–Crippen MR) is 121 cm³/mol. The van der Waals surface area contributed by atoms with Crippen LogP contribution in [0.1, 0.15) is 40.0 Å². The van der Waals surface area contributed by atoms with Gasteiger partial charge in [-0.25, -0.2) is 14.4 Å². The van der Waals surface area contributed by atoms with E-state index < -0.39 is 11.7 Å². The van der Waals surface area contributed by atoms with E-state index in [0.717, 1.165) is 29.4 Å². The normalized spacial score (nSPS) is 14.6. The molecule has 33 heavy (non-hydrogen) atoms. The highest BCUT2D eigenvalue weighted by atomic mass is 19.1. The smallest absolute Gasteiger partial charge is 0.251 e. The first-order chi connectivity index (χ1) is 16.0. The molecular weight excluding hydrogens is 419 g/mol. The van der Waals surface area contributed by atoms with Crippen molar-refractivity contribution in [2.75, 3.05) is 0 Å². The number of halogens is 1. The Morgan fingerprint density at radius 1 is 1.09 bits per heavy atom. The Morgan fingerprint density at radius 2 is 1.91 bits per heavy atom. The van der Waals surface area contributed by atoms with Crippen molar-refractivity contribution in [1.82, 2.24) is 24.6 Å². The van der Waals surface area contributed by atoms with Crippen molar-refractivity contribution in [2.45, 2.75) is 25.2 Å². The number of rotatable bonds is 4. The molecule has 7 nitrogen and oxygen atoms in total. The van der Waals surface area contributed by atoms with Gasteiger partial charge in [0, 0.05) is 22.6 Å². The fraction of sp³-hybridized carbons (Fsp3) is 0.160. The van der Waals surface area contributed by atoms with Gasteiger partial charge in [-0.15, -0.1) is 0 Å². The fourth-order valence-corrected chi connectivity index (χ4v) is 4.57. The number of hydrogen-bond donors (Lipinski definition) is 1. The first kappa shape index (κ1) is 19.5. The molecule has 3 heterocycles. The number of imidazole rings is 1. The van der Waals surface area contributed by atoms with Crippen molar-refractivity contribution >= 4 is 22.6 Å². The lowest BCUT2D eigenvalue weighted by molar-refractivity contribution is 0.0996. The van der Waals surface area contributed by atoms with Gasteiger partial charge in [0.05, 0.1) is 29.2 Å². The largest absolute Gasteiger partial charge is 0.366 e. The summed E-state index contributed by atoms with van der Waals surface area (Å²) < 4.78 is 16.5. The number of nitrogens with zero attached hydrogens (tertiary/aromatic N) is 5. The van der Waals surface area contributed by atoms with Gasteiger partial charge in [-0.2, -0.15) is 9.61 Å². The number of primary amides is 1. The maximum absolute atomic E-state index is 14.7. The molecular formula is C25H19FN6O. The van der Waals surface area contributed by atoms with Crippen molar-refractivity contribution in [3.05, 3.63) is 89.3 Å². The van der Waals surface area contributed by atoms with Crippen LogP contribution in [0.4, 0.5) is 4.39 Å². The van der Waals surface area contributed by atoms with Gasteiger partial charge in [0.2, 0.25) is 0 Å². The summed E-state index contributed by atoms with van der Waals surface area (Å²) in [7, 11) is 0. The molecule has 1 fully saturated rings. The molecule has 0 radical (unpaired) electrons. The molecule has 2 N–H and O–H groups in total. The van der Waals surface area contributed by atoms with E-state index in [0.29, 0.717) is 22.6 Å². The van der Waals surface area contributed by atoms with E-state index in [9.17, 15) is 9.18 Å². The van der Waals surface area contributed by atoms with E-state index in [4.69, 9.17) is 10.8 Å². The first-order valence-corrected chi connectivity index (χ1v) is 10.6. The summed E-state index contributed by atoms with van der Waals surface area (Å²) in [6, 6.07) is 13.3. The third kappa shape index (κ3) is 2.91. The Labute approximate surface area is 188 Å². The molecule has 0 aliphatic heterocycles. The van der Waals surface area contributed by atoms with Crippen LogP contribution in [0.5, 0.6) is 0 Å². The van der Waals surface area contributed by atoms with Crippen molar-refractivity contribution in [1.29, 1.82) is 0 Å². The maximum Gasteiger partial charge on any atom is 0.251 e. The van der Waals surface area contributed by atoms with Gasteiger partial charge in [-0.05, 0) is 55.2 Å². The summed E-state index contributed by atoms with van der Waals surface area (Å²) in [6.45, 7) is 1.60. The molecule has 0 atom stereocenters. The molecule has 0 spiro atoms. The Bertz CT molecular complexity index is 1590. The van der Waals surface area contributed by atoms with E-state index in [1.807, 2.05) is 18.3 Å². The summed E-state index contributed by atoms with van der Waals surface area (Å²) in [5, 5.41) is 5.86. The molecule has 162 valence electrons. The minimum atomic E-state index is -0.804. The van der Waals surface area contributed by atoms with Crippen LogP contribution in [-0.4, -0.2) is 30.5 Å². The van der Waals surface area contributed by atoms with Gasteiger partial charge in [-0.1, -0.05) is 18.2 Å². The van der Waals surface area contributed by atoms with Gasteiger partial charge in [0.15, 0.2) is 0 Å². The van der Waals surface area contributed by atoms with Crippen molar-refractivity contribution in [3.63, 3.8) is 0 Å². The summed E-state index contributed by atoms with van der Waals surface area (Å²) in [5.41, 5.74) is 9.35. The SMILES string of the molecule is Cc1c(-c2cnc3ncc(C4(c5ccc6ncccc6c5)CC4)n3n2)ccc(C(N)=O)c1F. The average molecular weight is 438 g/mol. The molecule has 0 saturated heterocycles. The topological polar surface area (TPSA) is 99.1 Å². The number of carbonyl (C=O) groups excluding carboxylic acids is 1. The maximum atomic E-state index is 14.7. The lowest BCUT2D eigenvalue weighted by Crippen LogP contribution is -2.15. The molecule has 1 saturated carbocycles. The highest BCUT2D eigenvalue weighted by Gasteiger charge is 2.48. The Kier molecular flexibility index (Phi) is 4.07. The summed E-state index contributed by atoms with van der Waals surface area (Å²) in [6.07, 6.45) is 7.12. The van der Waals surface area contributed by atoms with Gasteiger partial charge < -0.3 is 5.73 Å². The molecule has 8 heteroatoms. The monoisotopic (exact) mass is 438 g/mol. The van der Waals surface area contributed by atoms with Crippen LogP contribution >= 0.6 is 0 Å². The number of benzene rings is 2. The fourth-order valence-electron chi connectivity index (χ4n) is 4.57. The Morgan fingerprint density at radius 3 is 2.70 bits per heavy atom. The Hall–Kier alpha value is -4.20. The zero-order valence-corrected chi connectivity index (χ0v) is 17.8. The minimum Gasteiger partial charge on any atom is -0.366 e. The zero-order valence-electron chi connectivity index (χ0n) is 17.8. The number of pyridine rings is 1. The zero-order chi connectivity index (χ0) is 22.7. The third-order valence-electron chi connectivity index (χ3n) is 6.55. The van der Waals surface area contributed by atoms with Crippen molar-refractivity contribution in [3.8, 4) is 11.3 Å². The van der Waals surface area contributed by atoms with Crippen LogP contribution < -0.4 is 5.73 Å². The number of nitrogens with two attached hydrogens (primary N) is 1. The van der Waals surface area contributed by atoms with Crippen LogP contribution in [0.2, 0.25) is 0 Å². The van der Waals surface area contributed by atoms with Gasteiger partial charge in [0.25, 0.3) is 11.7 Å². The highest BCUT2D eigenvalue weighted by molar-refractivity contribution is 5.94. The number of carbonyl (C=O) groups is 1. The first-order valence-electron chi connectivity index (χ1n) is 10.6. The van der Waals surface area contributed by atoms with Gasteiger partial charge in [-0.3, -0.25) is 9.78 Å². The molecule has 6 rings (SSSR count). The van der Waals surface area contributed by atoms with Crippen LogP contribution in [0.25, 0.3) is 27.9 Å². The lowest BCUT2D eigenvalue weighted by atomic mass is 9.91. The van der Waals surface area contributed by atoms with Gasteiger partial charge >= 0.3 is 0 Å². The second-order valence-corrected chi connectivity index (χ2v) is 8.46. The summed E-state index contributed by atoms with van der Waals surface area (Å²) in [5.74, 6) is -0.965. The van der Waals surface area contributed by atoms with Crippen LogP contribution in [-0.2, 0) is 5.41 Å². The molecule has 1 aliphatic rings. The Balaban J connectivity index is 1.48. The van der Waals surface area contributed by atoms with E-state index in [1.165, 1.54) is 11.6 Å². The number of hydrogen-bond acceptors (Lipinski definition) is 5. The van der Waals surface area contributed by atoms with Crippen molar-refractivity contribution < 1.29 is 9.18 Å². The molecule has 2 aromatic carbocycles. The van der Waals surface area contributed by atoms with E-state index >= 15 is 0 Å². The highest BCUT2D eigenvalue weighted by Crippen LogP contribution is 2.53. The number of aromatic nitrogens is 5. The summed E-state index contributed by atoms with van der Waals surface area (Å²) in [4.78, 5) is 24.8. The summed E-state index contributed by atoms with van der Waals surface area (Å²) >= 11 is 0. The van der Waals surface area contributed by atoms with Crippen LogP contribution in [0.15, 0.2) is 61.1 Å². The van der Waals surface area contributed by atoms with E-state index in [-0.39, 0.29) is 11.0 Å². The predicted octanol–water partition coefficient (Wildman–Crippen LogP) is 3.97. The molecule has 0 unspecified atom stereocenters.